The fourth-order valence-corrected chi connectivity index (χ4v) is 5.24. The Morgan fingerprint density at radius 3 is 2.62 bits per heavy atom. The highest BCUT2D eigenvalue weighted by atomic mass is 35.5. The van der Waals surface area contributed by atoms with Gasteiger partial charge in [0.1, 0.15) is 10.7 Å². The van der Waals surface area contributed by atoms with Crippen LogP contribution in [0.15, 0.2) is 45.1 Å². The van der Waals surface area contributed by atoms with Crippen molar-refractivity contribution in [1.29, 1.82) is 0 Å². The lowest BCUT2D eigenvalue weighted by molar-refractivity contribution is -0.135. The normalized spacial score (nSPS) is 16.3. The average molecular weight is 416 g/mol. The van der Waals surface area contributed by atoms with Gasteiger partial charge in [0.15, 0.2) is 0 Å². The van der Waals surface area contributed by atoms with Gasteiger partial charge in [-0.1, -0.05) is 29.3 Å². The molecule has 2 aromatic rings. The maximum absolute atomic E-state index is 14.6. The van der Waals surface area contributed by atoms with Crippen LogP contribution in [0.4, 0.5) is 4.39 Å². The van der Waals surface area contributed by atoms with Crippen LogP contribution in [0.3, 0.4) is 0 Å². The number of benzene rings is 2. The highest BCUT2D eigenvalue weighted by Gasteiger charge is 2.31. The first-order chi connectivity index (χ1) is 12.1. The standard InChI is InChI=1S/C17H12Cl2FNO4S/c1-8-9(7-14(22)23)15-12(21-8)6-5-11(20)17(15)26(24,25)13-4-2-3-10(18)16(13)19/h2-6,8H,7H2,1H3,(H,22,23). The number of carbonyl (C=O) groups is 1. The largest absolute Gasteiger partial charge is 0.481 e. The van der Waals surface area contributed by atoms with Crippen molar-refractivity contribution in [2.45, 2.75) is 29.2 Å². The number of aliphatic carboxylic acids is 1. The Balaban J connectivity index is 2.44. The number of carboxylic acids is 1. The van der Waals surface area contributed by atoms with Gasteiger partial charge in [0, 0.05) is 5.22 Å². The van der Waals surface area contributed by atoms with E-state index < -0.39 is 39.0 Å². The lowest BCUT2D eigenvalue weighted by atomic mass is 10.0. The van der Waals surface area contributed by atoms with Crippen molar-refractivity contribution in [3.05, 3.63) is 56.8 Å². The summed E-state index contributed by atoms with van der Waals surface area (Å²) in [5.41, 5.74) is 0.226. The molecule has 1 heterocycles. The van der Waals surface area contributed by atoms with E-state index in [4.69, 9.17) is 28.3 Å². The smallest absolute Gasteiger partial charge is 0.307 e. The Kier molecular flexibility index (Phi) is 4.81. The first-order valence-electron chi connectivity index (χ1n) is 7.45. The Morgan fingerprint density at radius 2 is 1.96 bits per heavy atom. The molecule has 136 valence electrons. The summed E-state index contributed by atoms with van der Waals surface area (Å²) in [6.07, 6.45) is -0.451. The number of hydrogen-bond donors (Lipinski definition) is 1. The van der Waals surface area contributed by atoms with Gasteiger partial charge < -0.3 is 5.11 Å². The van der Waals surface area contributed by atoms with Crippen LogP contribution in [0.1, 0.15) is 13.3 Å². The lowest BCUT2D eigenvalue weighted by Crippen LogP contribution is -2.32. The van der Waals surface area contributed by atoms with Crippen LogP contribution in [0.5, 0.6) is 0 Å². The molecule has 0 radical (unpaired) electrons. The molecule has 0 aliphatic carbocycles. The van der Waals surface area contributed by atoms with Crippen LogP contribution >= 0.6 is 23.2 Å². The van der Waals surface area contributed by atoms with Gasteiger partial charge in [-0.2, -0.15) is 0 Å². The summed E-state index contributed by atoms with van der Waals surface area (Å²) in [5.74, 6) is -2.17. The number of sulfone groups is 1. The second-order valence-corrected chi connectivity index (χ2v) is 8.37. The molecule has 1 unspecified atom stereocenters. The lowest BCUT2D eigenvalue weighted by Gasteiger charge is -2.11. The predicted molar refractivity (Wildman–Crippen MR) is 94.2 cm³/mol. The third-order valence-electron chi connectivity index (χ3n) is 4.06. The predicted octanol–water partition coefficient (Wildman–Crippen LogP) is 2.61. The Bertz CT molecular complexity index is 1160. The molecule has 0 bridgehead atoms. The molecule has 1 atom stereocenters. The van der Waals surface area contributed by atoms with Gasteiger partial charge in [0.25, 0.3) is 0 Å². The van der Waals surface area contributed by atoms with Crippen LogP contribution in [-0.2, 0) is 14.6 Å². The van der Waals surface area contributed by atoms with Crippen molar-refractivity contribution < 1.29 is 22.7 Å². The monoisotopic (exact) mass is 415 g/mol. The zero-order chi connectivity index (χ0) is 19.2. The second-order valence-electron chi connectivity index (χ2n) is 5.73. The minimum atomic E-state index is -4.41. The van der Waals surface area contributed by atoms with E-state index in [2.05, 4.69) is 4.99 Å². The molecule has 2 aromatic carbocycles. The molecule has 0 saturated carbocycles. The molecule has 1 N–H and O–H groups in total. The Morgan fingerprint density at radius 1 is 1.27 bits per heavy atom. The van der Waals surface area contributed by atoms with Gasteiger partial charge in [0.2, 0.25) is 9.84 Å². The second kappa shape index (κ2) is 6.64. The van der Waals surface area contributed by atoms with Gasteiger partial charge in [0.05, 0.1) is 32.8 Å². The van der Waals surface area contributed by atoms with Crippen LogP contribution in [0, 0.1) is 5.82 Å². The molecule has 0 fully saturated rings. The van der Waals surface area contributed by atoms with E-state index in [1.807, 2.05) is 0 Å². The molecule has 3 rings (SSSR count). The van der Waals surface area contributed by atoms with E-state index in [1.165, 1.54) is 24.3 Å². The van der Waals surface area contributed by atoms with Gasteiger partial charge in [-0.15, -0.1) is 0 Å². The van der Waals surface area contributed by atoms with Crippen molar-refractivity contribution >= 4 is 44.6 Å². The Labute approximate surface area is 158 Å². The number of fused-ring (bicyclic) bond motifs is 1. The van der Waals surface area contributed by atoms with Crippen LogP contribution in [0.25, 0.3) is 5.57 Å². The van der Waals surface area contributed by atoms with E-state index in [-0.39, 0.29) is 31.1 Å². The summed E-state index contributed by atoms with van der Waals surface area (Å²) in [6.45, 7) is 1.62. The van der Waals surface area contributed by atoms with Gasteiger partial charge in [-0.05, 0) is 36.8 Å². The molecule has 0 spiro atoms. The highest BCUT2D eigenvalue weighted by molar-refractivity contribution is 7.91. The van der Waals surface area contributed by atoms with Crippen molar-refractivity contribution in [2.24, 2.45) is 4.99 Å². The summed E-state index contributed by atoms with van der Waals surface area (Å²) in [7, 11) is -4.41. The molecule has 1 aliphatic heterocycles. The van der Waals surface area contributed by atoms with Crippen LogP contribution in [-0.4, -0.2) is 25.5 Å². The molecule has 0 amide bonds. The zero-order valence-corrected chi connectivity index (χ0v) is 15.7. The molecule has 0 aromatic heterocycles. The van der Waals surface area contributed by atoms with E-state index in [1.54, 1.807) is 6.92 Å². The molecular weight excluding hydrogens is 404 g/mol. The molecule has 9 heteroatoms. The third-order valence-corrected chi connectivity index (χ3v) is 6.85. The minimum Gasteiger partial charge on any atom is -0.481 e. The fraction of sp³-hybridized carbons (Fsp3) is 0.176. The molecule has 0 saturated heterocycles. The third kappa shape index (κ3) is 3.00. The summed E-state index contributed by atoms with van der Waals surface area (Å²) in [4.78, 5) is 14.4. The first kappa shape index (κ1) is 18.8. The van der Waals surface area contributed by atoms with Crippen molar-refractivity contribution in [3.8, 4) is 0 Å². The number of carboxylic acid groups (broad SMARTS) is 1. The van der Waals surface area contributed by atoms with Gasteiger partial charge >= 0.3 is 5.97 Å². The summed E-state index contributed by atoms with van der Waals surface area (Å²) >= 11 is 11.9. The maximum Gasteiger partial charge on any atom is 0.307 e. The molecule has 26 heavy (non-hydrogen) atoms. The van der Waals surface area contributed by atoms with Crippen molar-refractivity contribution in [2.75, 3.05) is 0 Å². The number of halogens is 3. The first-order valence-corrected chi connectivity index (χ1v) is 9.68. The maximum atomic E-state index is 14.6. The van der Waals surface area contributed by atoms with E-state index in [0.29, 0.717) is 0 Å². The van der Waals surface area contributed by atoms with E-state index in [9.17, 15) is 17.6 Å². The number of rotatable bonds is 4. The Hall–Kier alpha value is -1.96. The van der Waals surface area contributed by atoms with Crippen molar-refractivity contribution in [3.63, 3.8) is 0 Å². The highest BCUT2D eigenvalue weighted by Crippen LogP contribution is 2.33. The molecular formula is C17H12Cl2FNO4S. The zero-order valence-electron chi connectivity index (χ0n) is 13.3. The minimum absolute atomic E-state index is 0.00789. The van der Waals surface area contributed by atoms with Crippen molar-refractivity contribution in [1.82, 2.24) is 0 Å². The SMILES string of the molecule is CC1N=c2ccc(F)c(S(=O)(=O)c3cccc(Cl)c3Cl)c2=C1CC(=O)O. The topological polar surface area (TPSA) is 83.8 Å². The summed E-state index contributed by atoms with van der Waals surface area (Å²) in [6, 6.07) is 5.75. The quantitative estimate of drug-likeness (QED) is 0.831. The van der Waals surface area contributed by atoms with Crippen LogP contribution < -0.4 is 10.6 Å². The summed E-state index contributed by atoms with van der Waals surface area (Å²) < 4.78 is 40.9. The molecule has 5 nitrogen and oxygen atoms in total. The van der Waals surface area contributed by atoms with Gasteiger partial charge in [-0.25, -0.2) is 12.8 Å². The average Bonchev–Trinajstić information content (AvgIpc) is 2.85. The van der Waals surface area contributed by atoms with Crippen LogP contribution in [0.2, 0.25) is 10.0 Å². The van der Waals surface area contributed by atoms with E-state index in [0.717, 1.165) is 6.07 Å². The molecule has 1 aliphatic rings. The number of hydrogen-bond acceptors (Lipinski definition) is 4. The number of nitrogens with zero attached hydrogens (tertiary/aromatic N) is 1. The van der Waals surface area contributed by atoms with E-state index >= 15 is 0 Å². The fourth-order valence-electron chi connectivity index (χ4n) is 2.92. The summed E-state index contributed by atoms with van der Waals surface area (Å²) in [5, 5.41) is 9.12. The van der Waals surface area contributed by atoms with Gasteiger partial charge in [-0.3, -0.25) is 9.79 Å².